The quantitative estimate of drug-likeness (QED) is 0.0286. The van der Waals surface area contributed by atoms with E-state index in [1.54, 1.807) is 48.5 Å². The fourth-order valence-electron chi connectivity index (χ4n) is 4.30. The molecule has 0 aliphatic rings. The van der Waals surface area contributed by atoms with Crippen LogP contribution in [0.25, 0.3) is 0 Å². The van der Waals surface area contributed by atoms with Crippen molar-refractivity contribution in [3.8, 4) is 17.2 Å². The molecule has 0 atom stereocenters. The number of para-hydroxylation sites is 3. The van der Waals surface area contributed by atoms with E-state index < -0.39 is 391 Å². The van der Waals surface area contributed by atoms with Crippen molar-refractivity contribution >= 4 is 1380 Å². The first-order valence-corrected chi connectivity index (χ1v) is 651. The van der Waals surface area contributed by atoms with Gasteiger partial charge in [-0.05, 0) is 77.9 Å². The van der Waals surface area contributed by atoms with Gasteiger partial charge in [-0.2, -0.15) is 0 Å². The minimum absolute atomic E-state index is 0.0134. The fourth-order valence-corrected chi connectivity index (χ4v) is 18700. The largest absolute Gasteiger partial charge is 0.507 e. The van der Waals surface area contributed by atoms with E-state index in [1.165, 1.54) is 18.2 Å². The number of phenols is 1. The van der Waals surface area contributed by atoms with Gasteiger partial charge in [-0.25, -0.2) is 14.4 Å². The summed E-state index contributed by atoms with van der Waals surface area (Å²) in [5, 5.41) is 26.1. The number of hydrogen-bond donors (Lipinski definition) is 3. The molecule has 3 N–H and O–H groups in total. The third kappa shape index (κ3) is 96.1. The van der Waals surface area contributed by atoms with E-state index in [4.69, 9.17) is 29.5 Å². The molecule has 944 valence electrons. The number of alkyl halides is 1. The second kappa shape index (κ2) is 132. The van der Waals surface area contributed by atoms with E-state index in [0.29, 0.717) is 35.1 Å². The van der Waals surface area contributed by atoms with Gasteiger partial charge in [0.25, 0.3) is 0 Å². The van der Waals surface area contributed by atoms with Gasteiger partial charge in [0.2, 0.25) is 0 Å². The number of hydrogen-bond acceptors (Lipinski definition) is 7. The van der Waals surface area contributed by atoms with Crippen molar-refractivity contribution in [3.63, 3.8) is 0 Å². The molecule has 0 bridgehead atoms. The number of carboxylic acids is 2. The number of esters is 1. The number of aromatic hydroxyl groups is 1. The summed E-state index contributed by atoms with van der Waals surface area (Å²) < 4.78 is 16.0. The minimum atomic E-state index is -1.11. The molecule has 0 heterocycles. The molecule has 0 aliphatic heterocycles. The van der Waals surface area contributed by atoms with Gasteiger partial charge in [0.15, 0.2) is 0 Å². The molecule has 3 aromatic carbocycles. The van der Waals surface area contributed by atoms with Crippen LogP contribution in [0.5, 0.6) is 17.2 Å². The molecule has 0 aromatic heterocycles. The van der Waals surface area contributed by atoms with Gasteiger partial charge < -0.3 is 29.5 Å². The Labute approximate surface area is 1540 Å². The topological polar surface area (TPSA) is 140 Å². The molecule has 0 amide bonds. The summed E-state index contributed by atoms with van der Waals surface area (Å²) in [5.74, 6) is -1.62. The maximum atomic E-state index is 11.8. The molecule has 0 saturated heterocycles. The molecule has 0 saturated carbocycles. The van der Waals surface area contributed by atoms with Crippen molar-refractivity contribution < 1.29 is 57.2 Å². The van der Waals surface area contributed by atoms with Gasteiger partial charge in [0, 0.05) is 4.83 Å². The maximum Gasteiger partial charge on any atom is 0.339 e. The number of halogens is 102. The third-order valence-electron chi connectivity index (χ3n) is 8.22. The summed E-state index contributed by atoms with van der Waals surface area (Å²) >= 11 is 174. The van der Waals surface area contributed by atoms with Crippen LogP contribution in [-0.2, 0) is 4.74 Å². The van der Waals surface area contributed by atoms with E-state index >= 15 is 0 Å². The van der Waals surface area contributed by atoms with Gasteiger partial charge in [-0.15, -0.1) is 0 Å². The Hall–Kier alpha value is 69.7. The van der Waals surface area contributed by atoms with Crippen molar-refractivity contribution in [1.82, 2.24) is 0 Å². The Kier molecular flexibility index (Phi) is 200. The van der Waals surface area contributed by atoms with Crippen LogP contribution in [0.1, 0.15) is 86.5 Å². The molecule has 0 spiro atoms. The number of carbonyl (C=O) groups is 3. The molecule has 0 fully saturated rings. The second-order valence-corrected chi connectivity index (χ2v) is 2380. The molecule has 144 heavy (non-hydrogen) atoms. The Balaban J connectivity index is -0.00000194. The van der Waals surface area contributed by atoms with Crippen LogP contribution in [0.2, 0.25) is 0 Å². The smallest absolute Gasteiger partial charge is 0.339 e. The first-order valence-electron chi connectivity index (χ1n) is 27.8. The van der Waals surface area contributed by atoms with Gasteiger partial charge in [-0.1, -0.05) is 66.2 Å². The zero-order valence-electron chi connectivity index (χ0n) is 64.1. The standard InChI is InChI=1S/C13H18O3.C10H12O3.C7H6O3.C3H7Br.I51.I50/c1-9(2)15-12-8-6-5-7-11(12)13(14)16-10(3)4;1-7(2)13-9-6-4-3-5-8(9)10(11)12;8-6-4-2-1-3-5(6)7(9)10;1-3(2)4;1-27-29(4)31(6)33(8)35(10)37(12)39(14)41(16)43(18)45(20)47(22)49(24)51(26)50(25)48(23)46(21)44(19)42(17)40(15)38(13)36(11)34(9)32(7)30(5)28(2)3;1-27(2)29(5)31(7)33(9)35(11)37(13)39(15)41(17)43(19)45(21)47(23)49(25)50(26)48(24)46(22)44(20)42(18)40(16)38(14)36(12)34(10)32(8)30(6)28(3)4/h5-10H,1-4H3;3-7H,1-2H3,(H,11,12);1-4,8H,(H,9,10);3H,1-2H3;;/q;;;;-1;. The average Bonchev–Trinajstić information content (AvgIpc) is 0.812. The molecule has 9 nitrogen and oxygen atoms in total. The predicted molar refractivity (Wildman–Crippen MR) is 1570 cm³/mol. The Morgan fingerprint density at radius 3 is 0.528 bits per heavy atom. The zero-order valence-corrected chi connectivity index (χ0v) is 284. The number of carboxylic acid groups (broad SMARTS) is 2. The molecular weight excluding hydrogens is 13400 g/mol. The minimum Gasteiger partial charge on any atom is -0.507 e. The van der Waals surface area contributed by atoms with Gasteiger partial charge in [0.1, 0.15) is 33.9 Å². The zero-order chi connectivity index (χ0) is 114. The summed E-state index contributed by atoms with van der Waals surface area (Å²) in [4.78, 5) is 33.4. The summed E-state index contributed by atoms with van der Waals surface area (Å²) in [6, 6.07) is 19.5. The number of carbonyl (C=O) groups excluding carboxylic acids is 1. The van der Waals surface area contributed by atoms with Gasteiger partial charge in [0.05, 0.1) is 18.3 Å². The number of rotatable bonds is 55. The van der Waals surface area contributed by atoms with Crippen LogP contribution in [0.15, 0.2) is 72.8 Å². The molecule has 3 rings (SSSR count). The first-order chi connectivity index (χ1) is 66.0. The Morgan fingerprint density at radius 1 is 0.236 bits per heavy atom. The molecule has 111 heteroatoms. The van der Waals surface area contributed by atoms with Gasteiger partial charge >= 0.3 is 1380 Å². The van der Waals surface area contributed by atoms with E-state index in [1.807, 2.05) is 47.6 Å². The molecule has 0 radical (unpaired) electrons. The normalized spacial score (nSPS) is 16.2. The molecular formula is C33H43BrI101O9-. The Bertz CT molecular complexity index is 3870. The summed E-state index contributed by atoms with van der Waals surface area (Å²) in [7, 11) is -25.5. The van der Waals surface area contributed by atoms with E-state index in [9.17, 15) is 14.4 Å². The summed E-state index contributed by atoms with van der Waals surface area (Å²) in [6.07, 6.45) is -0.104. The molecule has 0 aliphatic carbocycles. The van der Waals surface area contributed by atoms with Crippen LogP contribution in [-0.4, -0.2) is 56.4 Å². The van der Waals surface area contributed by atoms with Crippen molar-refractivity contribution in [1.29, 1.82) is 0 Å². The van der Waals surface area contributed by atoms with Gasteiger partial charge in [-0.3, -0.25) is 0 Å². The van der Waals surface area contributed by atoms with E-state index in [2.05, 4.69) is 998 Å². The summed E-state index contributed by atoms with van der Waals surface area (Å²) in [5.41, 5.74) is 0.614. The predicted octanol–water partition coefficient (Wildman–Crippen LogP) is 93.7. The third-order valence-corrected chi connectivity index (χ3v) is 7690. The van der Waals surface area contributed by atoms with Crippen LogP contribution in [0.3, 0.4) is 0 Å². The van der Waals surface area contributed by atoms with Crippen molar-refractivity contribution in [2.45, 2.75) is 78.5 Å². The molecule has 3 aromatic rings. The Morgan fingerprint density at radius 2 is 0.382 bits per heavy atom. The van der Waals surface area contributed by atoms with E-state index in [-0.39, 0.29) is 41.2 Å². The van der Waals surface area contributed by atoms with E-state index in [0.717, 1.165) is 0 Å². The summed E-state index contributed by atoms with van der Waals surface area (Å²) in [6.45, 7) is 15.4. The maximum absolute atomic E-state index is 11.8. The van der Waals surface area contributed by atoms with Crippen LogP contribution >= 0.6 is 1360 Å². The number of ether oxygens (including phenoxy) is 3. The number of benzene rings is 3. The SMILES string of the molecule is CC(C)Br.CC(C)OC(=O)c1ccccc1OC(C)C.CC(C)Oc1ccccc1C(=O)O.II(I)I(I)I(I)I(I)I(I)I(I)I(I)I(I)I(I)I(I)I(I)I(I)I(I)I(I)I(I)I(I)I(I)I(I)I(I)I(I)I(I)I(I)I(I)I(I)I.I[I-]I(I)I(I)I(I)I(I)I(I)I(I)I(I)I(I)I(I)I(I)I(I)I(I)I(I)I(I)I(I)I(I)I(I)I(I)I(I)I(I)I(I)I(I)I(I)I(I)I.O=C(O)c1ccccc1O. The first kappa shape index (κ1) is 218. The fraction of sp³-hybridized carbons (Fsp3) is 0.364. The number of aromatic carboxylic acids is 2. The van der Waals surface area contributed by atoms with Crippen LogP contribution < -0.4 is 22.7 Å². The monoisotopic (exact) mass is 13500 g/mol. The molecule has 0 unspecified atom stereocenters. The van der Waals surface area contributed by atoms with Crippen molar-refractivity contribution in [2.75, 3.05) is 0 Å². The average molecular weight is 13500 g/mol. The van der Waals surface area contributed by atoms with Crippen LogP contribution in [0.4, 0.5) is 0 Å². The second-order valence-electron chi connectivity index (χ2n) is 17.8. The van der Waals surface area contributed by atoms with Crippen molar-refractivity contribution in [3.05, 3.63) is 89.5 Å². The van der Waals surface area contributed by atoms with Crippen LogP contribution in [0, 0.1) is 0 Å². The van der Waals surface area contributed by atoms with Crippen molar-refractivity contribution in [2.24, 2.45) is 0 Å².